The molecule has 0 aliphatic carbocycles. The first kappa shape index (κ1) is 44.1. The largest absolute Gasteiger partial charge is 0.394 e. The van der Waals surface area contributed by atoms with Gasteiger partial charge in [-0.15, -0.1) is 0 Å². The Labute approximate surface area is 282 Å². The number of nitrogens with one attached hydrogen (secondary N) is 1. The minimum Gasteiger partial charge on any atom is -0.394 e. The van der Waals surface area contributed by atoms with E-state index in [0.717, 1.165) is 31.6 Å². The summed E-state index contributed by atoms with van der Waals surface area (Å²) in [6.45, 7) is 6.67. The molecule has 0 fully saturated rings. The van der Waals surface area contributed by atoms with Crippen molar-refractivity contribution in [1.29, 1.82) is 0 Å². The summed E-state index contributed by atoms with van der Waals surface area (Å²) in [5.74, 6) is 0.801. The monoisotopic (exact) mass is 636 g/mol. The minimum absolute atomic E-state index is 0.0624. The highest BCUT2D eigenvalue weighted by molar-refractivity contribution is 5.76. The van der Waals surface area contributed by atoms with Crippen molar-refractivity contribution < 1.29 is 15.0 Å². The summed E-state index contributed by atoms with van der Waals surface area (Å²) in [5, 5.41) is 22.9. The van der Waals surface area contributed by atoms with Crippen molar-refractivity contribution in [3.63, 3.8) is 0 Å². The van der Waals surface area contributed by atoms with Crippen LogP contribution in [-0.2, 0) is 4.79 Å². The molecule has 0 radical (unpaired) electrons. The lowest BCUT2D eigenvalue weighted by Gasteiger charge is -2.20. The zero-order valence-electron chi connectivity index (χ0n) is 30.8. The lowest BCUT2D eigenvalue weighted by Crippen LogP contribution is -2.45. The molecule has 4 heteroatoms. The van der Waals surface area contributed by atoms with Crippen LogP contribution in [0, 0.1) is 5.92 Å². The van der Waals surface area contributed by atoms with Gasteiger partial charge in [0.15, 0.2) is 0 Å². The molecular weight excluding hydrogens is 554 g/mol. The number of carbonyl (C=O) groups excluding carboxylic acids is 1. The first-order valence-corrected chi connectivity index (χ1v) is 20.3. The Balaban J connectivity index is 3.53. The van der Waals surface area contributed by atoms with Crippen LogP contribution in [0.15, 0.2) is 12.2 Å². The first-order chi connectivity index (χ1) is 22.0. The van der Waals surface area contributed by atoms with E-state index < -0.39 is 12.1 Å². The van der Waals surface area contributed by atoms with Crippen molar-refractivity contribution in [2.45, 2.75) is 232 Å². The number of aliphatic hydroxyl groups excluding tert-OH is 2. The fourth-order valence-electron chi connectivity index (χ4n) is 6.27. The Morgan fingerprint density at radius 3 is 1.42 bits per heavy atom. The normalized spacial score (nSPS) is 13.8. The maximum atomic E-state index is 12.3. The molecule has 268 valence electrons. The van der Waals surface area contributed by atoms with Crippen molar-refractivity contribution in [3.05, 3.63) is 12.2 Å². The van der Waals surface area contributed by atoms with E-state index in [-0.39, 0.29) is 12.5 Å². The lowest BCUT2D eigenvalue weighted by atomic mass is 10.00. The van der Waals surface area contributed by atoms with Gasteiger partial charge in [0.2, 0.25) is 5.91 Å². The zero-order valence-corrected chi connectivity index (χ0v) is 30.8. The molecule has 0 aromatic carbocycles. The highest BCUT2D eigenvalue weighted by Gasteiger charge is 2.17. The van der Waals surface area contributed by atoms with Gasteiger partial charge in [-0.1, -0.05) is 206 Å². The molecule has 4 nitrogen and oxygen atoms in total. The topological polar surface area (TPSA) is 69.6 Å². The summed E-state index contributed by atoms with van der Waals surface area (Å²) < 4.78 is 0. The highest BCUT2D eigenvalue weighted by atomic mass is 16.3. The van der Waals surface area contributed by atoms with E-state index in [9.17, 15) is 15.0 Å². The third-order valence-corrected chi connectivity index (χ3v) is 9.81. The SMILES string of the molecule is CCCCCCCCCCCCCCCCCCCCCCCC(=O)NC(CO)C(O)C=CCCCCCCCCC(C)CC. The molecule has 0 saturated carbocycles. The van der Waals surface area contributed by atoms with Gasteiger partial charge in [0.25, 0.3) is 0 Å². The Hall–Kier alpha value is -0.870. The van der Waals surface area contributed by atoms with E-state index in [1.807, 2.05) is 6.08 Å². The van der Waals surface area contributed by atoms with Crippen LogP contribution in [0.25, 0.3) is 0 Å². The Kier molecular flexibility index (Phi) is 35.3. The predicted octanol–water partition coefficient (Wildman–Crippen LogP) is 12.1. The number of amides is 1. The molecule has 3 unspecified atom stereocenters. The lowest BCUT2D eigenvalue weighted by molar-refractivity contribution is -0.123. The number of hydrogen-bond acceptors (Lipinski definition) is 3. The smallest absolute Gasteiger partial charge is 0.220 e. The molecule has 0 heterocycles. The van der Waals surface area contributed by atoms with Gasteiger partial charge in [-0.3, -0.25) is 4.79 Å². The van der Waals surface area contributed by atoms with Crippen LogP contribution in [0.1, 0.15) is 220 Å². The van der Waals surface area contributed by atoms with Crippen LogP contribution in [0.2, 0.25) is 0 Å². The van der Waals surface area contributed by atoms with E-state index in [4.69, 9.17) is 0 Å². The quantitative estimate of drug-likeness (QED) is 0.0474. The van der Waals surface area contributed by atoms with Crippen molar-refractivity contribution in [1.82, 2.24) is 5.32 Å². The first-order valence-electron chi connectivity index (χ1n) is 20.3. The second kappa shape index (κ2) is 36.0. The molecule has 0 aliphatic heterocycles. The number of rotatable bonds is 36. The molecule has 0 aliphatic rings. The fraction of sp³-hybridized carbons (Fsp3) is 0.927. The van der Waals surface area contributed by atoms with E-state index in [1.54, 1.807) is 6.08 Å². The van der Waals surface area contributed by atoms with E-state index in [1.165, 1.54) is 167 Å². The molecule has 1 amide bonds. The van der Waals surface area contributed by atoms with Gasteiger partial charge in [0.1, 0.15) is 0 Å². The third kappa shape index (κ3) is 32.8. The predicted molar refractivity (Wildman–Crippen MR) is 198 cm³/mol. The van der Waals surface area contributed by atoms with Crippen molar-refractivity contribution in [3.8, 4) is 0 Å². The molecule has 0 spiro atoms. The highest BCUT2D eigenvalue weighted by Crippen LogP contribution is 2.16. The van der Waals surface area contributed by atoms with Gasteiger partial charge in [-0.2, -0.15) is 0 Å². The number of unbranched alkanes of at least 4 members (excludes halogenated alkanes) is 26. The molecule has 0 aromatic rings. The summed E-state index contributed by atoms with van der Waals surface area (Å²) in [5.41, 5.74) is 0. The van der Waals surface area contributed by atoms with Crippen molar-refractivity contribution in [2.24, 2.45) is 5.92 Å². The second-order valence-corrected chi connectivity index (χ2v) is 14.3. The molecule has 3 atom stereocenters. The van der Waals surface area contributed by atoms with Crippen LogP contribution in [0.4, 0.5) is 0 Å². The third-order valence-electron chi connectivity index (χ3n) is 9.81. The molecular formula is C41H81NO3. The summed E-state index contributed by atoms with van der Waals surface area (Å²) in [6, 6.07) is -0.617. The van der Waals surface area contributed by atoms with E-state index >= 15 is 0 Å². The van der Waals surface area contributed by atoms with Crippen molar-refractivity contribution >= 4 is 5.91 Å². The van der Waals surface area contributed by atoms with Gasteiger partial charge < -0.3 is 15.5 Å². The molecule has 0 aromatic heterocycles. The Morgan fingerprint density at radius 2 is 1.00 bits per heavy atom. The minimum atomic E-state index is -0.834. The molecule has 0 bridgehead atoms. The average Bonchev–Trinajstić information content (AvgIpc) is 3.04. The molecule has 0 rings (SSSR count). The van der Waals surface area contributed by atoms with Crippen LogP contribution in [-0.4, -0.2) is 34.9 Å². The summed E-state index contributed by atoms with van der Waals surface area (Å²) in [7, 11) is 0. The van der Waals surface area contributed by atoms with Crippen LogP contribution in [0.5, 0.6) is 0 Å². The van der Waals surface area contributed by atoms with Crippen molar-refractivity contribution in [2.75, 3.05) is 6.61 Å². The standard InChI is InChI=1S/C41H81NO3/c1-4-6-7-8-9-10-11-12-13-14-15-16-17-18-19-20-21-22-27-30-33-36-41(45)42-39(37-43)40(44)35-32-29-26-24-23-25-28-31-34-38(3)5-2/h32,35,38-40,43-44H,4-31,33-34,36-37H2,1-3H3,(H,42,45). The Bertz CT molecular complexity index is 622. The number of hydrogen-bond donors (Lipinski definition) is 3. The maximum absolute atomic E-state index is 12.3. The summed E-state index contributed by atoms with van der Waals surface area (Å²) in [4.78, 5) is 12.3. The average molecular weight is 636 g/mol. The van der Waals surface area contributed by atoms with Gasteiger partial charge >= 0.3 is 0 Å². The number of carbonyl (C=O) groups is 1. The van der Waals surface area contributed by atoms with Gasteiger partial charge in [-0.05, 0) is 25.2 Å². The molecule has 45 heavy (non-hydrogen) atoms. The Morgan fingerprint density at radius 1 is 0.600 bits per heavy atom. The summed E-state index contributed by atoms with van der Waals surface area (Å²) >= 11 is 0. The van der Waals surface area contributed by atoms with E-state index in [2.05, 4.69) is 26.1 Å². The number of aliphatic hydroxyl groups is 2. The van der Waals surface area contributed by atoms with Crippen LogP contribution < -0.4 is 5.32 Å². The second-order valence-electron chi connectivity index (χ2n) is 14.3. The van der Waals surface area contributed by atoms with Gasteiger partial charge in [0.05, 0.1) is 18.8 Å². The molecule has 0 saturated heterocycles. The van der Waals surface area contributed by atoms with Gasteiger partial charge in [0, 0.05) is 6.42 Å². The molecule has 3 N–H and O–H groups in total. The van der Waals surface area contributed by atoms with Gasteiger partial charge in [-0.25, -0.2) is 0 Å². The maximum Gasteiger partial charge on any atom is 0.220 e. The number of allylic oxidation sites excluding steroid dienone is 1. The fourth-order valence-corrected chi connectivity index (χ4v) is 6.27. The van der Waals surface area contributed by atoms with Crippen LogP contribution in [0.3, 0.4) is 0 Å². The zero-order chi connectivity index (χ0) is 33.1. The summed E-state index contributed by atoms with van der Waals surface area (Å²) in [6.07, 6.45) is 43.1. The van der Waals surface area contributed by atoms with E-state index in [0.29, 0.717) is 6.42 Å². The van der Waals surface area contributed by atoms with Crippen LogP contribution >= 0.6 is 0 Å².